The van der Waals surface area contributed by atoms with Gasteiger partial charge in [-0.1, -0.05) is 11.6 Å². The lowest BCUT2D eigenvalue weighted by molar-refractivity contribution is 0.0355. The zero-order valence-corrected chi connectivity index (χ0v) is 20.2. The average molecular weight is 502 g/mol. The van der Waals surface area contributed by atoms with Crippen molar-refractivity contribution in [2.45, 2.75) is 19.1 Å². The molecule has 9 heteroatoms. The van der Waals surface area contributed by atoms with Crippen LogP contribution < -0.4 is 20.5 Å². The van der Waals surface area contributed by atoms with Crippen LogP contribution in [0.1, 0.15) is 28.6 Å². The summed E-state index contributed by atoms with van der Waals surface area (Å²) in [5, 5.41) is 4.08. The highest BCUT2D eigenvalue weighted by atomic mass is 35.5. The van der Waals surface area contributed by atoms with E-state index in [9.17, 15) is 4.79 Å². The summed E-state index contributed by atoms with van der Waals surface area (Å²) in [5.41, 5.74) is 5.55. The molecular formula is C27H24ClN5O3. The Bertz CT molecular complexity index is 1470. The van der Waals surface area contributed by atoms with Crippen LogP contribution in [0.25, 0.3) is 0 Å². The second-order valence-corrected chi connectivity index (χ2v) is 9.26. The third kappa shape index (κ3) is 4.65. The second kappa shape index (κ2) is 9.64. The maximum Gasteiger partial charge on any atom is 0.249 e. The van der Waals surface area contributed by atoms with E-state index in [4.69, 9.17) is 21.1 Å². The summed E-state index contributed by atoms with van der Waals surface area (Å²) in [6, 6.07) is 15.2. The molecule has 182 valence electrons. The average Bonchev–Trinajstić information content (AvgIpc) is 2.90. The van der Waals surface area contributed by atoms with Crippen LogP contribution in [0.5, 0.6) is 11.5 Å². The van der Waals surface area contributed by atoms with E-state index in [-0.39, 0.29) is 11.7 Å². The maximum atomic E-state index is 11.8. The molecule has 36 heavy (non-hydrogen) atoms. The van der Waals surface area contributed by atoms with Gasteiger partial charge in [-0.25, -0.2) is 0 Å². The van der Waals surface area contributed by atoms with Gasteiger partial charge >= 0.3 is 0 Å². The van der Waals surface area contributed by atoms with Crippen molar-refractivity contribution in [3.63, 3.8) is 0 Å². The Balaban J connectivity index is 1.20. The molecule has 0 aliphatic carbocycles. The number of benzene rings is 1. The third-order valence-electron chi connectivity index (χ3n) is 6.41. The Hall–Kier alpha value is -3.88. The third-order valence-corrected chi connectivity index (χ3v) is 6.65. The lowest BCUT2D eigenvalue weighted by atomic mass is 9.98. The number of aromatic nitrogens is 3. The summed E-state index contributed by atoms with van der Waals surface area (Å²) in [4.78, 5) is 25.6. The predicted octanol–water partition coefficient (Wildman–Crippen LogP) is 4.70. The van der Waals surface area contributed by atoms with Crippen molar-refractivity contribution >= 4 is 23.0 Å². The molecule has 2 aliphatic rings. The molecular weight excluding hydrogens is 478 g/mol. The number of halogens is 1. The predicted molar refractivity (Wildman–Crippen MR) is 138 cm³/mol. The molecule has 0 bridgehead atoms. The molecule has 5 heterocycles. The molecule has 1 aromatic carbocycles. The number of ether oxygens (including phenoxy) is 2. The van der Waals surface area contributed by atoms with Crippen LogP contribution in [0.15, 0.2) is 71.9 Å². The van der Waals surface area contributed by atoms with Crippen molar-refractivity contribution in [1.29, 1.82) is 0 Å². The van der Waals surface area contributed by atoms with Gasteiger partial charge in [0.15, 0.2) is 5.75 Å². The van der Waals surface area contributed by atoms with Crippen molar-refractivity contribution in [2.75, 3.05) is 29.9 Å². The van der Waals surface area contributed by atoms with E-state index < -0.39 is 0 Å². The van der Waals surface area contributed by atoms with E-state index in [1.165, 1.54) is 0 Å². The highest BCUT2D eigenvalue weighted by Gasteiger charge is 2.30. The van der Waals surface area contributed by atoms with Crippen LogP contribution in [0.3, 0.4) is 0 Å². The van der Waals surface area contributed by atoms with Gasteiger partial charge in [0, 0.05) is 65.1 Å². The quantitative estimate of drug-likeness (QED) is 0.360. The molecule has 3 aromatic heterocycles. The highest BCUT2D eigenvalue weighted by molar-refractivity contribution is 6.30. The molecule has 1 unspecified atom stereocenters. The fraction of sp³-hybridized carbons (Fsp3) is 0.222. The van der Waals surface area contributed by atoms with Gasteiger partial charge in [-0.2, -0.15) is 0 Å². The van der Waals surface area contributed by atoms with Gasteiger partial charge < -0.3 is 24.7 Å². The second-order valence-electron chi connectivity index (χ2n) is 8.82. The van der Waals surface area contributed by atoms with Crippen LogP contribution in [-0.2, 0) is 17.7 Å². The van der Waals surface area contributed by atoms with Crippen LogP contribution in [0, 0.1) is 0 Å². The Labute approximate surface area is 212 Å². The van der Waals surface area contributed by atoms with Crippen molar-refractivity contribution in [2.24, 2.45) is 0 Å². The molecule has 0 amide bonds. The van der Waals surface area contributed by atoms with Gasteiger partial charge in [0.05, 0.1) is 25.4 Å². The fourth-order valence-corrected chi connectivity index (χ4v) is 4.83. The van der Waals surface area contributed by atoms with Crippen molar-refractivity contribution in [1.82, 2.24) is 15.0 Å². The summed E-state index contributed by atoms with van der Waals surface area (Å²) >= 11 is 6.07. The molecule has 1 fully saturated rings. The van der Waals surface area contributed by atoms with Crippen molar-refractivity contribution in [3.05, 3.63) is 105 Å². The highest BCUT2D eigenvalue weighted by Crippen LogP contribution is 2.42. The van der Waals surface area contributed by atoms with Crippen molar-refractivity contribution < 1.29 is 9.47 Å². The van der Waals surface area contributed by atoms with Gasteiger partial charge in [0.25, 0.3) is 0 Å². The minimum absolute atomic E-state index is 0.122. The molecule has 1 atom stereocenters. The zero-order valence-electron chi connectivity index (χ0n) is 19.4. The van der Waals surface area contributed by atoms with E-state index in [1.54, 1.807) is 24.5 Å². The molecule has 8 nitrogen and oxygen atoms in total. The Morgan fingerprint density at radius 1 is 1.08 bits per heavy atom. The fourth-order valence-electron chi connectivity index (χ4n) is 4.65. The Kier molecular flexibility index (Phi) is 6.04. The summed E-state index contributed by atoms with van der Waals surface area (Å²) in [7, 11) is 0. The van der Waals surface area contributed by atoms with Crippen LogP contribution in [0.2, 0.25) is 5.02 Å². The normalized spacial score (nSPS) is 16.6. The molecule has 4 aromatic rings. The van der Waals surface area contributed by atoms with Gasteiger partial charge in [-0.3, -0.25) is 14.8 Å². The number of hydrogen-bond donors (Lipinski definition) is 2. The lowest BCUT2D eigenvalue weighted by Crippen LogP contribution is -2.39. The first-order chi connectivity index (χ1) is 17.6. The monoisotopic (exact) mass is 501 g/mol. The Morgan fingerprint density at radius 3 is 2.89 bits per heavy atom. The number of H-pyrrole nitrogens is 1. The molecule has 2 N–H and O–H groups in total. The number of fused-ring (bicyclic) bond motifs is 2. The van der Waals surface area contributed by atoms with E-state index in [2.05, 4.69) is 31.2 Å². The summed E-state index contributed by atoms with van der Waals surface area (Å²) < 4.78 is 12.5. The number of morpholine rings is 1. The number of rotatable bonds is 5. The summed E-state index contributed by atoms with van der Waals surface area (Å²) in [5.74, 6) is 1.57. The number of anilines is 2. The Morgan fingerprint density at radius 2 is 2.00 bits per heavy atom. The summed E-state index contributed by atoms with van der Waals surface area (Å²) in [6.45, 7) is 2.41. The number of aromatic amines is 1. The summed E-state index contributed by atoms with van der Waals surface area (Å²) in [6.07, 6.45) is 5.65. The van der Waals surface area contributed by atoms with Crippen LogP contribution >= 0.6 is 11.6 Å². The molecule has 0 saturated carbocycles. The zero-order chi connectivity index (χ0) is 24.5. The molecule has 0 radical (unpaired) electrons. The number of nitrogens with zero attached hydrogens (tertiary/aromatic N) is 3. The lowest BCUT2D eigenvalue weighted by Gasteiger charge is -2.35. The standard InChI is InChI=1S/C27H24ClN5O3/c28-19-4-7-29-21(13-19)15-32-20-1-2-23-18(12-20)11-17-3-6-31-26(27(17)36-23)24-16-33(9-10-35-24)22-5-8-30-25(34)14-22/h1-8,12-14,24,32H,9-11,15-16H2,(H,30,34). The van der Waals surface area contributed by atoms with E-state index >= 15 is 0 Å². The molecule has 1 saturated heterocycles. The first kappa shape index (κ1) is 22.6. The molecule has 0 spiro atoms. The number of nitrogens with one attached hydrogen (secondary N) is 2. The van der Waals surface area contributed by atoms with Gasteiger partial charge in [-0.15, -0.1) is 0 Å². The van der Waals surface area contributed by atoms with Crippen molar-refractivity contribution in [3.8, 4) is 11.5 Å². The minimum atomic E-state index is -0.263. The van der Waals surface area contributed by atoms with E-state index in [1.807, 2.05) is 36.5 Å². The maximum absolute atomic E-state index is 11.8. The number of hydrogen-bond acceptors (Lipinski definition) is 7. The SMILES string of the molecule is O=c1cc(N2CCOC(c3nccc4c3Oc3ccc(NCc5cc(Cl)ccn5)cc3C4)C2)cc[nH]1. The number of pyridine rings is 3. The first-order valence-corrected chi connectivity index (χ1v) is 12.2. The topological polar surface area (TPSA) is 92.4 Å². The van der Waals surface area contributed by atoms with Gasteiger partial charge in [0.2, 0.25) is 5.56 Å². The van der Waals surface area contributed by atoms with Crippen LogP contribution in [-0.4, -0.2) is 34.6 Å². The smallest absolute Gasteiger partial charge is 0.249 e. The van der Waals surface area contributed by atoms with Crippen LogP contribution in [0.4, 0.5) is 11.4 Å². The first-order valence-electron chi connectivity index (χ1n) is 11.8. The molecule has 2 aliphatic heterocycles. The van der Waals surface area contributed by atoms with E-state index in [0.29, 0.717) is 31.3 Å². The minimum Gasteiger partial charge on any atom is -0.455 e. The van der Waals surface area contributed by atoms with Gasteiger partial charge in [-0.05, 0) is 42.5 Å². The molecule has 6 rings (SSSR count). The van der Waals surface area contributed by atoms with Gasteiger partial charge in [0.1, 0.15) is 17.5 Å². The van der Waals surface area contributed by atoms with E-state index in [0.717, 1.165) is 51.8 Å². The largest absolute Gasteiger partial charge is 0.455 e.